The number of anilines is 5. The van der Waals surface area contributed by atoms with Gasteiger partial charge in [0.05, 0.1) is 18.2 Å². The quantitative estimate of drug-likeness (QED) is 0.347. The molecule has 3 N–H and O–H groups in total. The lowest BCUT2D eigenvalue weighted by atomic mass is 9.97. The van der Waals surface area contributed by atoms with Gasteiger partial charge in [0.15, 0.2) is 0 Å². The fourth-order valence-corrected chi connectivity index (χ4v) is 5.69. The number of rotatable bonds is 9. The summed E-state index contributed by atoms with van der Waals surface area (Å²) in [5, 5.41) is 22.6. The number of hydrogen-bond donors (Lipinski definition) is 3. The van der Waals surface area contributed by atoms with E-state index in [0.717, 1.165) is 59.8 Å². The Hall–Kier alpha value is -4.22. The zero-order chi connectivity index (χ0) is 30.0. The van der Waals surface area contributed by atoms with Crippen LogP contribution < -0.4 is 20.0 Å². The summed E-state index contributed by atoms with van der Waals surface area (Å²) >= 11 is 0. The second-order valence-corrected chi connectivity index (χ2v) is 11.1. The van der Waals surface area contributed by atoms with Crippen LogP contribution in [0.5, 0.6) is 0 Å². The smallest absolute Gasteiger partial charge is 0.330 e. The predicted octanol–water partition coefficient (Wildman–Crippen LogP) is 4.11. The van der Waals surface area contributed by atoms with Crippen molar-refractivity contribution in [3.8, 4) is 0 Å². The standard InChI is InChI=1S/C31H39N7O4/c1-20-7-5-8-21(2)27(20)38-19-23-18-32-30(34-28(23)37(31(38)42)11-6-16-39)33-24-9-10-26(25(17-24)22(3)29(40)41)36-14-12-35(4)13-15-36/h5,7-10,17-18,22,39H,6,11-16,19H2,1-4H3,(H,40,41)(H,32,33,34). The molecular weight excluding hydrogens is 534 g/mol. The number of amides is 2. The van der Waals surface area contributed by atoms with E-state index in [0.29, 0.717) is 37.0 Å². The molecule has 3 aromatic rings. The van der Waals surface area contributed by atoms with Crippen LogP contribution >= 0.6 is 0 Å². The van der Waals surface area contributed by atoms with Gasteiger partial charge in [-0.15, -0.1) is 0 Å². The molecule has 0 saturated carbocycles. The Labute approximate surface area is 246 Å². The van der Waals surface area contributed by atoms with Gasteiger partial charge in [-0.2, -0.15) is 4.98 Å². The number of carbonyl (C=O) groups is 2. The van der Waals surface area contributed by atoms with E-state index in [4.69, 9.17) is 4.98 Å². The van der Waals surface area contributed by atoms with Crippen molar-refractivity contribution in [2.24, 2.45) is 0 Å². The molecule has 1 saturated heterocycles. The highest BCUT2D eigenvalue weighted by molar-refractivity contribution is 6.06. The van der Waals surface area contributed by atoms with Crippen LogP contribution in [0.4, 0.5) is 33.6 Å². The molecule has 2 aliphatic heterocycles. The molecule has 1 fully saturated rings. The molecule has 0 spiro atoms. The number of aliphatic carboxylic acids is 1. The van der Waals surface area contributed by atoms with Gasteiger partial charge in [0.25, 0.3) is 0 Å². The SMILES string of the molecule is Cc1cccc(C)c1N1Cc2cnc(Nc3ccc(N4CCN(C)CC4)c(C(C)C(=O)O)c3)nc2N(CCCO)C1=O. The number of piperazine rings is 1. The zero-order valence-electron chi connectivity index (χ0n) is 24.7. The van der Waals surface area contributed by atoms with E-state index in [2.05, 4.69) is 27.1 Å². The molecule has 222 valence electrons. The number of hydrogen-bond acceptors (Lipinski definition) is 8. The van der Waals surface area contributed by atoms with Crippen LogP contribution in [0.25, 0.3) is 0 Å². The number of carboxylic acid groups (broad SMARTS) is 1. The summed E-state index contributed by atoms with van der Waals surface area (Å²) in [6, 6.07) is 11.5. The van der Waals surface area contributed by atoms with Gasteiger partial charge < -0.3 is 25.3 Å². The molecule has 0 aliphatic carbocycles. The topological polar surface area (TPSA) is 125 Å². The van der Waals surface area contributed by atoms with E-state index < -0.39 is 11.9 Å². The van der Waals surface area contributed by atoms with Gasteiger partial charge in [-0.25, -0.2) is 9.78 Å². The molecule has 1 aromatic heterocycles. The molecule has 42 heavy (non-hydrogen) atoms. The highest BCUT2D eigenvalue weighted by Crippen LogP contribution is 2.36. The number of carboxylic acids is 1. The number of fused-ring (bicyclic) bond motifs is 1. The molecule has 0 radical (unpaired) electrons. The molecular formula is C31H39N7O4. The van der Waals surface area contributed by atoms with Gasteiger partial charge >= 0.3 is 12.0 Å². The van der Waals surface area contributed by atoms with Crippen LogP contribution in [0.2, 0.25) is 0 Å². The van der Waals surface area contributed by atoms with E-state index in [9.17, 15) is 19.8 Å². The predicted molar refractivity (Wildman–Crippen MR) is 164 cm³/mol. The summed E-state index contributed by atoms with van der Waals surface area (Å²) in [5.41, 5.74) is 5.97. The van der Waals surface area contributed by atoms with Crippen LogP contribution in [-0.2, 0) is 11.3 Å². The lowest BCUT2D eigenvalue weighted by Gasteiger charge is -2.37. The Morgan fingerprint density at radius 2 is 1.81 bits per heavy atom. The van der Waals surface area contributed by atoms with Gasteiger partial charge in [0.1, 0.15) is 5.82 Å². The average Bonchev–Trinajstić information content (AvgIpc) is 2.97. The Bertz CT molecular complexity index is 1450. The van der Waals surface area contributed by atoms with E-state index in [1.54, 1.807) is 22.9 Å². The molecule has 2 aromatic carbocycles. The second kappa shape index (κ2) is 12.3. The maximum atomic E-state index is 13.8. The maximum absolute atomic E-state index is 13.8. The number of aliphatic hydroxyl groups excluding tert-OH is 1. The van der Waals surface area contributed by atoms with Gasteiger partial charge in [0.2, 0.25) is 5.95 Å². The van der Waals surface area contributed by atoms with E-state index in [-0.39, 0.29) is 12.6 Å². The third kappa shape index (κ3) is 5.88. The fraction of sp³-hybridized carbons (Fsp3) is 0.419. The molecule has 2 aliphatic rings. The minimum atomic E-state index is -0.890. The minimum absolute atomic E-state index is 0.0527. The Morgan fingerprint density at radius 1 is 1.10 bits per heavy atom. The summed E-state index contributed by atoms with van der Waals surface area (Å²) < 4.78 is 0. The van der Waals surface area contributed by atoms with Crippen LogP contribution in [0.1, 0.15) is 41.5 Å². The van der Waals surface area contributed by atoms with Crippen LogP contribution in [0.3, 0.4) is 0 Å². The van der Waals surface area contributed by atoms with Crippen molar-refractivity contribution >= 4 is 40.8 Å². The maximum Gasteiger partial charge on any atom is 0.330 e. The van der Waals surface area contributed by atoms with E-state index >= 15 is 0 Å². The van der Waals surface area contributed by atoms with Crippen LogP contribution in [0, 0.1) is 13.8 Å². The van der Waals surface area contributed by atoms with Crippen LogP contribution in [0.15, 0.2) is 42.6 Å². The lowest BCUT2D eigenvalue weighted by Crippen LogP contribution is -2.49. The number of aliphatic hydroxyl groups is 1. The summed E-state index contributed by atoms with van der Waals surface area (Å²) in [6.45, 7) is 9.73. The monoisotopic (exact) mass is 573 g/mol. The Morgan fingerprint density at radius 3 is 2.48 bits per heavy atom. The van der Waals surface area contributed by atoms with Crippen molar-refractivity contribution in [3.05, 3.63) is 64.8 Å². The molecule has 11 nitrogen and oxygen atoms in total. The minimum Gasteiger partial charge on any atom is -0.481 e. The highest BCUT2D eigenvalue weighted by Gasteiger charge is 2.34. The van der Waals surface area contributed by atoms with Crippen molar-refractivity contribution in [2.45, 2.75) is 39.7 Å². The molecule has 1 unspecified atom stereocenters. The van der Waals surface area contributed by atoms with Crippen molar-refractivity contribution in [3.63, 3.8) is 0 Å². The third-order valence-corrected chi connectivity index (χ3v) is 8.10. The Kier molecular flexibility index (Phi) is 8.60. The fourth-order valence-electron chi connectivity index (χ4n) is 5.69. The first kappa shape index (κ1) is 29.3. The van der Waals surface area contributed by atoms with Crippen molar-refractivity contribution in [1.82, 2.24) is 14.9 Å². The van der Waals surface area contributed by atoms with Crippen molar-refractivity contribution in [1.29, 1.82) is 0 Å². The van der Waals surface area contributed by atoms with Crippen molar-refractivity contribution in [2.75, 3.05) is 66.4 Å². The number of para-hydroxylation sites is 1. The van der Waals surface area contributed by atoms with Gasteiger partial charge in [0, 0.05) is 62.5 Å². The molecule has 5 rings (SSSR count). The number of nitrogens with one attached hydrogen (secondary N) is 1. The molecule has 2 amide bonds. The summed E-state index contributed by atoms with van der Waals surface area (Å²) in [6.07, 6.45) is 2.13. The average molecular weight is 574 g/mol. The first-order chi connectivity index (χ1) is 20.2. The number of nitrogens with zero attached hydrogens (tertiary/aromatic N) is 6. The van der Waals surface area contributed by atoms with Gasteiger partial charge in [-0.3, -0.25) is 14.6 Å². The number of likely N-dealkylation sites (N-methyl/N-ethyl adjacent to an activating group) is 1. The first-order valence-corrected chi connectivity index (χ1v) is 14.4. The molecule has 0 bridgehead atoms. The molecule has 11 heteroatoms. The first-order valence-electron chi connectivity index (χ1n) is 14.4. The normalized spacial score (nSPS) is 16.4. The van der Waals surface area contributed by atoms with Gasteiger partial charge in [-0.1, -0.05) is 18.2 Å². The summed E-state index contributed by atoms with van der Waals surface area (Å²) in [7, 11) is 2.09. The molecule has 3 heterocycles. The third-order valence-electron chi connectivity index (χ3n) is 8.10. The van der Waals surface area contributed by atoms with Gasteiger partial charge in [-0.05, 0) is 69.1 Å². The summed E-state index contributed by atoms with van der Waals surface area (Å²) in [5.74, 6) is -0.786. The Balaban J connectivity index is 1.46. The van der Waals surface area contributed by atoms with E-state index in [1.807, 2.05) is 50.2 Å². The lowest BCUT2D eigenvalue weighted by molar-refractivity contribution is -0.138. The summed E-state index contributed by atoms with van der Waals surface area (Å²) in [4.78, 5) is 42.9. The van der Waals surface area contributed by atoms with Crippen molar-refractivity contribution < 1.29 is 19.8 Å². The van der Waals surface area contributed by atoms with Crippen LogP contribution in [-0.4, -0.2) is 83.5 Å². The number of aryl methyl sites for hydroxylation is 2. The largest absolute Gasteiger partial charge is 0.481 e. The van der Waals surface area contributed by atoms with E-state index in [1.165, 1.54) is 0 Å². The number of urea groups is 1. The molecule has 1 atom stereocenters. The number of carbonyl (C=O) groups excluding carboxylic acids is 1. The second-order valence-electron chi connectivity index (χ2n) is 11.1. The number of benzene rings is 2. The zero-order valence-corrected chi connectivity index (χ0v) is 24.7. The highest BCUT2D eigenvalue weighted by atomic mass is 16.4. The number of aromatic nitrogens is 2.